The summed E-state index contributed by atoms with van der Waals surface area (Å²) < 4.78 is 5.32. The van der Waals surface area contributed by atoms with E-state index in [1.54, 1.807) is 6.07 Å². The first-order chi connectivity index (χ1) is 10.3. The van der Waals surface area contributed by atoms with Crippen LogP contribution in [0.5, 0.6) is 0 Å². The monoisotopic (exact) mass is 284 g/mol. The van der Waals surface area contributed by atoms with Crippen LogP contribution in [0.3, 0.4) is 0 Å². The highest BCUT2D eigenvalue weighted by atomic mass is 16.5. The molecule has 2 aromatic rings. The Hall–Kier alpha value is -1.94. The SMILES string of the molecule is CCOCc1nc(-c2cccc(C3CCC3)c2)cc(=O)[nH]1. The molecule has 4 nitrogen and oxygen atoms in total. The number of aromatic nitrogens is 2. The van der Waals surface area contributed by atoms with E-state index in [1.807, 2.05) is 19.1 Å². The smallest absolute Gasteiger partial charge is 0.251 e. The molecule has 0 spiro atoms. The number of nitrogens with zero attached hydrogens (tertiary/aromatic N) is 1. The van der Waals surface area contributed by atoms with Gasteiger partial charge in [-0.05, 0) is 37.3 Å². The normalized spacial score (nSPS) is 14.9. The topological polar surface area (TPSA) is 55.0 Å². The van der Waals surface area contributed by atoms with Gasteiger partial charge in [0.15, 0.2) is 0 Å². The molecule has 21 heavy (non-hydrogen) atoms. The molecule has 1 aromatic carbocycles. The lowest BCUT2D eigenvalue weighted by molar-refractivity contribution is 0.128. The Labute approximate surface area is 124 Å². The molecule has 1 fully saturated rings. The summed E-state index contributed by atoms with van der Waals surface area (Å²) in [4.78, 5) is 19.0. The Morgan fingerprint density at radius 1 is 1.33 bits per heavy atom. The van der Waals surface area contributed by atoms with Crippen LogP contribution in [0.25, 0.3) is 11.3 Å². The second kappa shape index (κ2) is 6.22. The molecule has 1 saturated carbocycles. The lowest BCUT2D eigenvalue weighted by Crippen LogP contribution is -2.12. The van der Waals surface area contributed by atoms with Crippen LogP contribution in [0, 0.1) is 0 Å². The van der Waals surface area contributed by atoms with E-state index in [0.717, 1.165) is 11.3 Å². The molecule has 1 N–H and O–H groups in total. The molecule has 3 rings (SSSR count). The Kier molecular flexibility index (Phi) is 4.15. The zero-order valence-corrected chi connectivity index (χ0v) is 12.3. The first-order valence-corrected chi connectivity index (χ1v) is 7.54. The van der Waals surface area contributed by atoms with Gasteiger partial charge in [-0.2, -0.15) is 0 Å². The van der Waals surface area contributed by atoms with Crippen LogP contribution >= 0.6 is 0 Å². The lowest BCUT2D eigenvalue weighted by atomic mass is 9.79. The van der Waals surface area contributed by atoms with E-state index in [0.29, 0.717) is 25.0 Å². The number of H-pyrrole nitrogens is 1. The van der Waals surface area contributed by atoms with Gasteiger partial charge >= 0.3 is 0 Å². The predicted molar refractivity (Wildman–Crippen MR) is 82.2 cm³/mol. The van der Waals surface area contributed by atoms with Crippen molar-refractivity contribution in [2.24, 2.45) is 0 Å². The van der Waals surface area contributed by atoms with E-state index in [1.165, 1.54) is 24.8 Å². The zero-order valence-electron chi connectivity index (χ0n) is 12.3. The quantitative estimate of drug-likeness (QED) is 0.917. The first kappa shape index (κ1) is 14.0. The van der Waals surface area contributed by atoms with Crippen molar-refractivity contribution in [3.05, 3.63) is 52.1 Å². The van der Waals surface area contributed by atoms with Crippen LogP contribution in [0.1, 0.15) is 43.5 Å². The molecule has 0 atom stereocenters. The van der Waals surface area contributed by atoms with Crippen molar-refractivity contribution in [1.82, 2.24) is 9.97 Å². The van der Waals surface area contributed by atoms with Gasteiger partial charge < -0.3 is 9.72 Å². The third-order valence-corrected chi connectivity index (χ3v) is 3.99. The number of nitrogens with one attached hydrogen (secondary N) is 1. The predicted octanol–water partition coefficient (Wildman–Crippen LogP) is 3.24. The maximum absolute atomic E-state index is 11.8. The highest BCUT2D eigenvalue weighted by Crippen LogP contribution is 2.37. The summed E-state index contributed by atoms with van der Waals surface area (Å²) in [5.41, 5.74) is 2.94. The van der Waals surface area contributed by atoms with Gasteiger partial charge in [-0.1, -0.05) is 24.6 Å². The molecule has 1 aliphatic rings. The van der Waals surface area contributed by atoms with E-state index in [2.05, 4.69) is 22.1 Å². The van der Waals surface area contributed by atoms with Gasteiger partial charge in [0.25, 0.3) is 5.56 Å². The lowest BCUT2D eigenvalue weighted by Gasteiger charge is -2.26. The number of hydrogen-bond acceptors (Lipinski definition) is 3. The maximum Gasteiger partial charge on any atom is 0.251 e. The fourth-order valence-corrected chi connectivity index (χ4v) is 2.62. The first-order valence-electron chi connectivity index (χ1n) is 7.54. The van der Waals surface area contributed by atoms with Crippen molar-refractivity contribution in [1.29, 1.82) is 0 Å². The number of aromatic amines is 1. The summed E-state index contributed by atoms with van der Waals surface area (Å²) in [7, 11) is 0. The second-order valence-electron chi connectivity index (χ2n) is 5.47. The minimum atomic E-state index is -0.135. The van der Waals surface area contributed by atoms with Crippen molar-refractivity contribution in [2.75, 3.05) is 6.61 Å². The van der Waals surface area contributed by atoms with Gasteiger partial charge in [-0.15, -0.1) is 0 Å². The molecular weight excluding hydrogens is 264 g/mol. The van der Waals surface area contributed by atoms with Crippen LogP contribution in [-0.4, -0.2) is 16.6 Å². The fourth-order valence-electron chi connectivity index (χ4n) is 2.62. The van der Waals surface area contributed by atoms with Crippen molar-refractivity contribution >= 4 is 0 Å². The Morgan fingerprint density at radius 3 is 2.90 bits per heavy atom. The van der Waals surface area contributed by atoms with Crippen molar-refractivity contribution in [3.63, 3.8) is 0 Å². The molecular formula is C17H20N2O2. The summed E-state index contributed by atoms with van der Waals surface area (Å²) in [5.74, 6) is 1.25. The summed E-state index contributed by atoms with van der Waals surface area (Å²) in [6.07, 6.45) is 3.85. The maximum atomic E-state index is 11.8. The number of ether oxygens (including phenoxy) is 1. The van der Waals surface area contributed by atoms with Gasteiger partial charge in [0.2, 0.25) is 0 Å². The van der Waals surface area contributed by atoms with Crippen LogP contribution < -0.4 is 5.56 Å². The van der Waals surface area contributed by atoms with Crippen LogP contribution in [0.4, 0.5) is 0 Å². The number of benzene rings is 1. The van der Waals surface area contributed by atoms with Crippen molar-refractivity contribution < 1.29 is 4.74 Å². The Balaban J connectivity index is 1.91. The fraction of sp³-hybridized carbons (Fsp3) is 0.412. The minimum absolute atomic E-state index is 0.135. The van der Waals surface area contributed by atoms with Gasteiger partial charge in [0.1, 0.15) is 12.4 Å². The molecule has 0 bridgehead atoms. The van der Waals surface area contributed by atoms with Gasteiger partial charge in [-0.25, -0.2) is 4.98 Å². The molecule has 0 radical (unpaired) electrons. The molecule has 1 aliphatic carbocycles. The molecule has 1 aromatic heterocycles. The standard InChI is InChI=1S/C17H20N2O2/c1-2-21-11-16-18-15(10-17(20)19-16)14-8-4-7-13(9-14)12-5-3-6-12/h4,7-10,12H,2-3,5-6,11H2,1H3,(H,18,19,20). The second-order valence-corrected chi connectivity index (χ2v) is 5.47. The van der Waals surface area contributed by atoms with Gasteiger partial charge in [-0.3, -0.25) is 4.79 Å². The van der Waals surface area contributed by atoms with Crippen LogP contribution in [0.2, 0.25) is 0 Å². The molecule has 0 amide bonds. The highest BCUT2D eigenvalue weighted by molar-refractivity contribution is 5.60. The minimum Gasteiger partial charge on any atom is -0.374 e. The Bertz CT molecular complexity index is 674. The molecule has 1 heterocycles. The van der Waals surface area contributed by atoms with E-state index < -0.39 is 0 Å². The van der Waals surface area contributed by atoms with E-state index in [4.69, 9.17) is 4.74 Å². The third-order valence-electron chi connectivity index (χ3n) is 3.99. The third kappa shape index (κ3) is 3.22. The summed E-state index contributed by atoms with van der Waals surface area (Å²) in [6, 6.07) is 9.94. The molecule has 4 heteroatoms. The summed E-state index contributed by atoms with van der Waals surface area (Å²) in [6.45, 7) is 2.86. The van der Waals surface area contributed by atoms with Crippen LogP contribution in [-0.2, 0) is 11.3 Å². The number of hydrogen-bond donors (Lipinski definition) is 1. The van der Waals surface area contributed by atoms with Crippen molar-refractivity contribution in [2.45, 2.75) is 38.7 Å². The van der Waals surface area contributed by atoms with Gasteiger partial charge in [0.05, 0.1) is 5.69 Å². The van der Waals surface area contributed by atoms with E-state index in [9.17, 15) is 4.79 Å². The zero-order chi connectivity index (χ0) is 14.7. The molecule has 0 unspecified atom stereocenters. The average Bonchev–Trinajstić information content (AvgIpc) is 2.43. The summed E-state index contributed by atoms with van der Waals surface area (Å²) >= 11 is 0. The highest BCUT2D eigenvalue weighted by Gasteiger charge is 2.19. The van der Waals surface area contributed by atoms with E-state index in [-0.39, 0.29) is 5.56 Å². The largest absolute Gasteiger partial charge is 0.374 e. The number of rotatable bonds is 5. The molecule has 110 valence electrons. The van der Waals surface area contributed by atoms with Crippen LogP contribution in [0.15, 0.2) is 35.1 Å². The molecule has 0 saturated heterocycles. The van der Waals surface area contributed by atoms with E-state index >= 15 is 0 Å². The van der Waals surface area contributed by atoms with Gasteiger partial charge in [0, 0.05) is 18.2 Å². The average molecular weight is 284 g/mol. The summed E-state index contributed by atoms with van der Waals surface area (Å²) in [5, 5.41) is 0. The molecule has 0 aliphatic heterocycles. The Morgan fingerprint density at radius 2 is 2.19 bits per heavy atom. The van der Waals surface area contributed by atoms with Crippen molar-refractivity contribution in [3.8, 4) is 11.3 Å².